The van der Waals surface area contributed by atoms with Gasteiger partial charge in [-0.2, -0.15) is 0 Å². The van der Waals surface area contributed by atoms with Crippen LogP contribution in [-0.2, 0) is 56.0 Å². The summed E-state index contributed by atoms with van der Waals surface area (Å²) < 4.78 is 25.3. The molecule has 0 radical (unpaired) electrons. The van der Waals surface area contributed by atoms with Gasteiger partial charge in [0.25, 0.3) is 0 Å². The zero-order valence-corrected chi connectivity index (χ0v) is 22.0. The maximum atomic E-state index is 12.6. The molecule has 37 heavy (non-hydrogen) atoms. The molecule has 0 aromatic carbocycles. The van der Waals surface area contributed by atoms with Crippen LogP contribution in [0.1, 0.15) is 37.1 Å². The van der Waals surface area contributed by atoms with E-state index >= 15 is 0 Å². The molecule has 0 fully saturated rings. The van der Waals surface area contributed by atoms with Gasteiger partial charge in [-0.25, -0.2) is 0 Å². The summed E-state index contributed by atoms with van der Waals surface area (Å²) in [6.07, 6.45) is 0.592. The molecule has 12 nitrogen and oxygen atoms in total. The van der Waals surface area contributed by atoms with Crippen molar-refractivity contribution in [2.24, 2.45) is 0 Å². The third-order valence-corrected chi connectivity index (χ3v) is 6.17. The van der Waals surface area contributed by atoms with Crippen LogP contribution in [0.25, 0.3) is 0 Å². The Morgan fingerprint density at radius 1 is 0.784 bits per heavy atom. The number of hydrogen-bond acceptors (Lipinski definition) is 12. The van der Waals surface area contributed by atoms with Gasteiger partial charge in [0.2, 0.25) is 0 Å². The third kappa shape index (κ3) is 9.71. The molecule has 1 aliphatic heterocycles. The van der Waals surface area contributed by atoms with Crippen molar-refractivity contribution in [1.82, 2.24) is 14.8 Å². The summed E-state index contributed by atoms with van der Waals surface area (Å²) in [7, 11) is 5.23. The van der Waals surface area contributed by atoms with Gasteiger partial charge in [-0.05, 0) is 25.0 Å². The van der Waals surface area contributed by atoms with Crippen LogP contribution in [0.5, 0.6) is 0 Å². The Kier molecular flexibility index (Phi) is 12.9. The van der Waals surface area contributed by atoms with Crippen LogP contribution in [0.15, 0.2) is 18.2 Å². The summed E-state index contributed by atoms with van der Waals surface area (Å²) in [5.41, 5.74) is 1.41. The predicted octanol–water partition coefficient (Wildman–Crippen LogP) is 0.705. The molecule has 1 aromatic rings. The van der Waals surface area contributed by atoms with E-state index in [2.05, 4.69) is 0 Å². The minimum Gasteiger partial charge on any atom is -0.469 e. The highest BCUT2D eigenvalue weighted by Crippen LogP contribution is 2.18. The second-order valence-electron chi connectivity index (χ2n) is 8.48. The van der Waals surface area contributed by atoms with Crippen molar-refractivity contribution in [3.63, 3.8) is 0 Å². The Balaban J connectivity index is 2.29. The monoisotopic (exact) mass is 523 g/mol. The zero-order valence-electron chi connectivity index (χ0n) is 22.0. The fourth-order valence-corrected chi connectivity index (χ4v) is 4.16. The van der Waals surface area contributed by atoms with E-state index in [0.29, 0.717) is 50.8 Å². The highest BCUT2D eigenvalue weighted by Gasteiger charge is 2.30. The van der Waals surface area contributed by atoms with Crippen LogP contribution in [0.4, 0.5) is 0 Å². The second-order valence-corrected chi connectivity index (χ2v) is 8.48. The summed E-state index contributed by atoms with van der Waals surface area (Å²) >= 11 is 0. The summed E-state index contributed by atoms with van der Waals surface area (Å²) in [5.74, 6) is -1.73. The van der Waals surface area contributed by atoms with Crippen molar-refractivity contribution < 1.29 is 42.9 Å². The third-order valence-electron chi connectivity index (χ3n) is 6.17. The number of nitrogens with zero attached hydrogens (tertiary/aromatic N) is 3. The minimum atomic E-state index is -0.681. The van der Waals surface area contributed by atoms with Crippen LogP contribution in [0.2, 0.25) is 0 Å². The van der Waals surface area contributed by atoms with Gasteiger partial charge >= 0.3 is 23.9 Å². The smallest absolute Gasteiger partial charge is 0.323 e. The molecule has 206 valence electrons. The lowest BCUT2D eigenvalue weighted by Gasteiger charge is -2.32. The van der Waals surface area contributed by atoms with Gasteiger partial charge in [0.15, 0.2) is 0 Å². The lowest BCUT2D eigenvalue weighted by Crippen LogP contribution is -2.45. The van der Waals surface area contributed by atoms with Crippen LogP contribution in [0, 0.1) is 0 Å². The average molecular weight is 524 g/mol. The van der Waals surface area contributed by atoms with Gasteiger partial charge in [-0.3, -0.25) is 34.0 Å². The predicted molar refractivity (Wildman–Crippen MR) is 130 cm³/mol. The lowest BCUT2D eigenvalue weighted by atomic mass is 10.1. The summed E-state index contributed by atoms with van der Waals surface area (Å²) in [6.45, 7) is 2.00. The van der Waals surface area contributed by atoms with Gasteiger partial charge in [0.1, 0.15) is 12.1 Å². The maximum Gasteiger partial charge on any atom is 0.323 e. The van der Waals surface area contributed by atoms with E-state index in [4.69, 9.17) is 28.7 Å². The molecule has 2 rings (SSSR count). The molecule has 0 unspecified atom stereocenters. The molecule has 0 amide bonds. The van der Waals surface area contributed by atoms with Crippen molar-refractivity contribution in [2.75, 3.05) is 54.7 Å². The van der Waals surface area contributed by atoms with Gasteiger partial charge in [0, 0.05) is 39.0 Å². The first-order chi connectivity index (χ1) is 17.8. The highest BCUT2D eigenvalue weighted by molar-refractivity contribution is 5.78. The van der Waals surface area contributed by atoms with Gasteiger partial charge in [0.05, 0.1) is 53.0 Å². The lowest BCUT2D eigenvalue weighted by molar-refractivity contribution is -0.150. The van der Waals surface area contributed by atoms with Crippen molar-refractivity contribution in [3.05, 3.63) is 29.6 Å². The highest BCUT2D eigenvalue weighted by atomic mass is 16.5. The molecular weight excluding hydrogens is 486 g/mol. The van der Waals surface area contributed by atoms with E-state index in [0.717, 1.165) is 0 Å². The standard InChI is InChI=1S/C25H37N3O9/c1-33-22(29)10-8-20(24(31)35-3)27-12-14-37-15-13-28(17-19-7-5-6-18(16-27)26-19)21(25(32)36-4)9-11-23(30)34-2/h5-7,20-21H,8-17H2,1-4H3/t20-,21-/m0/s1. The molecule has 2 heterocycles. The number of esters is 4. The van der Waals surface area contributed by atoms with Crippen LogP contribution in [0.3, 0.4) is 0 Å². The van der Waals surface area contributed by atoms with E-state index in [1.54, 1.807) is 0 Å². The summed E-state index contributed by atoms with van der Waals surface area (Å²) in [6, 6.07) is 4.19. The van der Waals surface area contributed by atoms with Crippen LogP contribution >= 0.6 is 0 Å². The molecule has 0 N–H and O–H groups in total. The zero-order chi connectivity index (χ0) is 27.2. The molecular formula is C25H37N3O9. The first-order valence-corrected chi connectivity index (χ1v) is 12.1. The molecule has 2 atom stereocenters. The molecule has 0 spiro atoms. The average Bonchev–Trinajstić information content (AvgIpc) is 2.91. The van der Waals surface area contributed by atoms with Gasteiger partial charge in [-0.15, -0.1) is 0 Å². The number of carbonyl (C=O) groups is 4. The van der Waals surface area contributed by atoms with E-state index in [1.807, 2.05) is 28.0 Å². The number of fused-ring (bicyclic) bond motifs is 2. The molecule has 0 aliphatic carbocycles. The first-order valence-electron chi connectivity index (χ1n) is 12.1. The van der Waals surface area contributed by atoms with Crippen molar-refractivity contribution >= 4 is 23.9 Å². The van der Waals surface area contributed by atoms with Crippen LogP contribution in [-0.4, -0.2) is 105 Å². The topological polar surface area (TPSA) is 134 Å². The Morgan fingerprint density at radius 3 is 1.59 bits per heavy atom. The number of pyridine rings is 1. The molecule has 0 saturated carbocycles. The van der Waals surface area contributed by atoms with Crippen molar-refractivity contribution in [1.29, 1.82) is 0 Å². The summed E-state index contributed by atoms with van der Waals surface area (Å²) in [4.78, 5) is 57.1. The Morgan fingerprint density at radius 2 is 1.22 bits per heavy atom. The van der Waals surface area contributed by atoms with E-state index < -0.39 is 36.0 Å². The van der Waals surface area contributed by atoms with E-state index in [1.165, 1.54) is 28.4 Å². The number of hydrogen-bond donors (Lipinski definition) is 0. The maximum absolute atomic E-state index is 12.6. The first kappa shape index (κ1) is 30.1. The minimum absolute atomic E-state index is 0.0660. The molecule has 1 aliphatic rings. The number of ether oxygens (including phenoxy) is 5. The fourth-order valence-electron chi connectivity index (χ4n) is 4.16. The number of methoxy groups -OCH3 is 4. The number of carbonyl (C=O) groups excluding carboxylic acids is 4. The Bertz CT molecular complexity index is 844. The van der Waals surface area contributed by atoms with Crippen LogP contribution < -0.4 is 0 Å². The van der Waals surface area contributed by atoms with E-state index in [-0.39, 0.29) is 25.7 Å². The molecule has 2 bridgehead atoms. The molecule has 1 aromatic heterocycles. The van der Waals surface area contributed by atoms with Gasteiger partial charge < -0.3 is 23.7 Å². The normalized spacial score (nSPS) is 16.9. The largest absolute Gasteiger partial charge is 0.469 e. The van der Waals surface area contributed by atoms with E-state index in [9.17, 15) is 19.2 Å². The molecule has 12 heteroatoms. The fraction of sp³-hybridized carbons (Fsp3) is 0.640. The SMILES string of the molecule is COC(=O)CC[C@@H](C(=O)OC)N1CCOCCN([C@@H](CCC(=O)OC)C(=O)OC)Cc2cccc(n2)C1. The van der Waals surface area contributed by atoms with Gasteiger partial charge in [-0.1, -0.05) is 6.07 Å². The summed E-state index contributed by atoms with van der Waals surface area (Å²) in [5, 5.41) is 0. The number of aromatic nitrogens is 1. The number of rotatable bonds is 10. The van der Waals surface area contributed by atoms with Crippen molar-refractivity contribution in [3.8, 4) is 0 Å². The Labute approximate surface area is 217 Å². The quantitative estimate of drug-likeness (QED) is 0.316. The van der Waals surface area contributed by atoms with Crippen molar-refractivity contribution in [2.45, 2.75) is 50.9 Å². The second kappa shape index (κ2) is 15.9. The Hall–Kier alpha value is -3.09. The molecule has 0 saturated heterocycles.